The first-order valence-corrected chi connectivity index (χ1v) is 11.4. The van der Waals surface area contributed by atoms with E-state index in [9.17, 15) is 9.59 Å². The Morgan fingerprint density at radius 2 is 1.83 bits per heavy atom. The number of hydrogen-bond donors (Lipinski definition) is 2. The maximum atomic E-state index is 12.3. The Labute approximate surface area is 184 Å². The summed E-state index contributed by atoms with van der Waals surface area (Å²) in [4.78, 5) is 24.3. The average molecular weight is 441 g/mol. The summed E-state index contributed by atoms with van der Waals surface area (Å²) in [5.74, 6) is -0.0837. The van der Waals surface area contributed by atoms with Gasteiger partial charge in [-0.25, -0.2) is 0 Å². The summed E-state index contributed by atoms with van der Waals surface area (Å²) < 4.78 is 0.693. The van der Waals surface area contributed by atoms with Crippen molar-refractivity contribution in [3.05, 3.63) is 65.2 Å². The third-order valence-electron chi connectivity index (χ3n) is 4.60. The van der Waals surface area contributed by atoms with Crippen LogP contribution in [0.15, 0.2) is 52.9 Å². The second kappa shape index (κ2) is 10.4. The summed E-state index contributed by atoms with van der Waals surface area (Å²) in [5, 5.41) is 15.0. The third-order valence-corrected chi connectivity index (χ3v) is 6.57. The quantitative estimate of drug-likeness (QED) is 0.483. The third kappa shape index (κ3) is 6.40. The van der Waals surface area contributed by atoms with E-state index in [1.165, 1.54) is 41.1 Å². The smallest absolute Gasteiger partial charge is 0.231 e. The molecule has 1 aromatic heterocycles. The highest BCUT2D eigenvalue weighted by atomic mass is 32.2. The van der Waals surface area contributed by atoms with E-state index in [-0.39, 0.29) is 17.4 Å². The highest BCUT2D eigenvalue weighted by molar-refractivity contribution is 8.01. The van der Waals surface area contributed by atoms with Crippen molar-refractivity contribution < 1.29 is 9.59 Å². The van der Waals surface area contributed by atoms with Crippen molar-refractivity contribution in [3.63, 3.8) is 0 Å². The molecule has 1 heterocycles. The van der Waals surface area contributed by atoms with Crippen LogP contribution >= 0.6 is 23.1 Å². The van der Waals surface area contributed by atoms with Crippen LogP contribution in [0, 0.1) is 13.8 Å². The van der Waals surface area contributed by atoms with Crippen LogP contribution in [0.5, 0.6) is 0 Å². The van der Waals surface area contributed by atoms with Crippen LogP contribution in [0.2, 0.25) is 0 Å². The van der Waals surface area contributed by atoms with Gasteiger partial charge in [0.2, 0.25) is 11.0 Å². The minimum absolute atomic E-state index is 0.0620. The molecule has 1 atom stereocenters. The van der Waals surface area contributed by atoms with Gasteiger partial charge in [-0.1, -0.05) is 59.5 Å². The number of thioether (sulfide) groups is 1. The number of carbonyl (C=O) groups excluding carboxylic acids is 2. The van der Waals surface area contributed by atoms with Crippen molar-refractivity contribution in [3.8, 4) is 0 Å². The summed E-state index contributed by atoms with van der Waals surface area (Å²) in [6, 6.07) is 15.2. The molecule has 0 aliphatic carbocycles. The number of amides is 1. The largest absolute Gasteiger partial charge is 0.345 e. The average Bonchev–Trinajstić information content (AvgIpc) is 3.17. The number of rotatable bonds is 9. The van der Waals surface area contributed by atoms with E-state index in [0.29, 0.717) is 15.9 Å². The summed E-state index contributed by atoms with van der Waals surface area (Å²) in [6.07, 6.45) is 0.482. The number of nitrogens with zero attached hydrogens (tertiary/aromatic N) is 2. The molecule has 6 nitrogen and oxygen atoms in total. The Kier molecular flexibility index (Phi) is 7.59. The second-order valence-corrected chi connectivity index (χ2v) is 9.21. The first kappa shape index (κ1) is 22.0. The maximum absolute atomic E-state index is 12.3. The molecule has 0 saturated heterocycles. The Balaban J connectivity index is 1.51. The predicted molar refractivity (Wildman–Crippen MR) is 123 cm³/mol. The molecular weight excluding hydrogens is 416 g/mol. The molecule has 30 heavy (non-hydrogen) atoms. The topological polar surface area (TPSA) is 84.0 Å². The number of carbonyl (C=O) groups is 2. The zero-order chi connectivity index (χ0) is 21.5. The molecule has 8 heteroatoms. The van der Waals surface area contributed by atoms with Crippen LogP contribution in [-0.4, -0.2) is 33.7 Å². The van der Waals surface area contributed by atoms with Gasteiger partial charge in [0.15, 0.2) is 10.1 Å². The molecular formula is C22H24N4O2S2. The molecule has 0 aliphatic rings. The summed E-state index contributed by atoms with van der Waals surface area (Å²) in [5.41, 5.74) is 4.40. The summed E-state index contributed by atoms with van der Waals surface area (Å²) >= 11 is 2.70. The fourth-order valence-electron chi connectivity index (χ4n) is 2.77. The van der Waals surface area contributed by atoms with Crippen LogP contribution in [0.25, 0.3) is 0 Å². The van der Waals surface area contributed by atoms with Gasteiger partial charge in [0, 0.05) is 5.69 Å². The molecule has 2 aromatic carbocycles. The highest BCUT2D eigenvalue weighted by Crippen LogP contribution is 2.28. The number of aryl methyl sites for hydroxylation is 2. The van der Waals surface area contributed by atoms with Gasteiger partial charge < -0.3 is 10.6 Å². The normalized spacial score (nSPS) is 11.7. The lowest BCUT2D eigenvalue weighted by Gasteiger charge is -2.15. The summed E-state index contributed by atoms with van der Waals surface area (Å²) in [6.45, 7) is 5.63. The summed E-state index contributed by atoms with van der Waals surface area (Å²) in [7, 11) is 0. The molecule has 0 fully saturated rings. The minimum Gasteiger partial charge on any atom is -0.345 e. The van der Waals surface area contributed by atoms with Crippen LogP contribution in [0.3, 0.4) is 0 Å². The molecule has 0 spiro atoms. The van der Waals surface area contributed by atoms with E-state index in [1.807, 2.05) is 36.4 Å². The van der Waals surface area contributed by atoms with Crippen molar-refractivity contribution in [2.24, 2.45) is 0 Å². The molecule has 3 aromatic rings. The van der Waals surface area contributed by atoms with E-state index in [1.54, 1.807) is 0 Å². The van der Waals surface area contributed by atoms with Gasteiger partial charge in [-0.2, -0.15) is 0 Å². The SMILES string of the molecule is CC(=O)[C@H](Cc1ccccc1)NC(=O)CSc1nnc(Nc2ccc(C)c(C)c2)s1. The van der Waals surface area contributed by atoms with Gasteiger partial charge in [-0.05, 0) is 56.0 Å². The fraction of sp³-hybridized carbons (Fsp3) is 0.273. The number of anilines is 2. The molecule has 2 N–H and O–H groups in total. The number of hydrogen-bond acceptors (Lipinski definition) is 7. The van der Waals surface area contributed by atoms with Crippen molar-refractivity contribution in [1.82, 2.24) is 15.5 Å². The second-order valence-electron chi connectivity index (χ2n) is 7.01. The van der Waals surface area contributed by atoms with E-state index in [2.05, 4.69) is 46.8 Å². The molecule has 1 amide bonds. The molecule has 0 radical (unpaired) electrons. The molecule has 0 aliphatic heterocycles. The van der Waals surface area contributed by atoms with Gasteiger partial charge in [-0.15, -0.1) is 10.2 Å². The maximum Gasteiger partial charge on any atom is 0.231 e. The predicted octanol–water partition coefficient (Wildman–Crippen LogP) is 4.31. The Hall–Kier alpha value is -2.71. The number of benzene rings is 2. The molecule has 3 rings (SSSR count). The monoisotopic (exact) mass is 440 g/mol. The number of ketones is 1. The van der Waals surface area contributed by atoms with Gasteiger partial charge in [0.1, 0.15) is 0 Å². The van der Waals surface area contributed by atoms with Gasteiger partial charge in [-0.3, -0.25) is 9.59 Å². The van der Waals surface area contributed by atoms with Crippen molar-refractivity contribution in [2.45, 2.75) is 37.6 Å². The standard InChI is InChI=1S/C22H24N4O2S2/c1-14-9-10-18(11-15(14)2)23-21-25-26-22(30-21)29-13-20(28)24-19(16(3)27)12-17-7-5-4-6-8-17/h4-11,19H,12-13H2,1-3H3,(H,23,25)(H,24,28)/t19-/m0/s1. The highest BCUT2D eigenvalue weighted by Gasteiger charge is 2.18. The zero-order valence-electron chi connectivity index (χ0n) is 17.1. The van der Waals surface area contributed by atoms with Crippen molar-refractivity contribution >= 4 is 45.6 Å². The van der Waals surface area contributed by atoms with Crippen molar-refractivity contribution in [2.75, 3.05) is 11.1 Å². The lowest BCUT2D eigenvalue weighted by Crippen LogP contribution is -2.42. The number of aromatic nitrogens is 2. The van der Waals surface area contributed by atoms with Crippen LogP contribution in [0.1, 0.15) is 23.6 Å². The lowest BCUT2D eigenvalue weighted by molar-refractivity contribution is -0.125. The van der Waals surface area contributed by atoms with Gasteiger partial charge in [0.05, 0.1) is 11.8 Å². The minimum atomic E-state index is -0.531. The van der Waals surface area contributed by atoms with Gasteiger partial charge >= 0.3 is 0 Å². The Bertz CT molecular complexity index is 1020. The number of nitrogens with one attached hydrogen (secondary N) is 2. The van der Waals surface area contributed by atoms with Gasteiger partial charge in [0.25, 0.3) is 0 Å². The van der Waals surface area contributed by atoms with Crippen molar-refractivity contribution in [1.29, 1.82) is 0 Å². The van der Waals surface area contributed by atoms with E-state index < -0.39 is 6.04 Å². The Morgan fingerprint density at radius 1 is 1.07 bits per heavy atom. The number of Topliss-reactive ketones (excluding diaryl/α,β-unsaturated/α-hetero) is 1. The van der Waals surface area contributed by atoms with E-state index in [0.717, 1.165) is 11.3 Å². The first-order chi connectivity index (χ1) is 14.4. The van der Waals surface area contributed by atoms with Crippen LogP contribution < -0.4 is 10.6 Å². The molecule has 0 unspecified atom stereocenters. The lowest BCUT2D eigenvalue weighted by atomic mass is 10.0. The Morgan fingerprint density at radius 3 is 2.53 bits per heavy atom. The van der Waals surface area contributed by atoms with E-state index >= 15 is 0 Å². The molecule has 0 bridgehead atoms. The molecule has 156 valence electrons. The molecule has 0 saturated carbocycles. The zero-order valence-corrected chi connectivity index (χ0v) is 18.8. The van der Waals surface area contributed by atoms with Crippen LogP contribution in [-0.2, 0) is 16.0 Å². The fourth-order valence-corrected chi connectivity index (χ4v) is 4.35. The van der Waals surface area contributed by atoms with Crippen LogP contribution in [0.4, 0.5) is 10.8 Å². The first-order valence-electron chi connectivity index (χ1n) is 9.55. The van der Waals surface area contributed by atoms with E-state index in [4.69, 9.17) is 0 Å².